The van der Waals surface area contributed by atoms with E-state index in [9.17, 15) is 19.7 Å². The molecule has 7 nitrogen and oxygen atoms in total. The lowest BCUT2D eigenvalue weighted by Gasteiger charge is -2.09. The molecule has 0 saturated heterocycles. The molecule has 0 radical (unpaired) electrons. The van der Waals surface area contributed by atoms with E-state index in [1.54, 1.807) is 38.1 Å². The highest BCUT2D eigenvalue weighted by atomic mass is 16.6. The Hall–Kier alpha value is -3.22. The molecule has 2 aromatic carbocycles. The van der Waals surface area contributed by atoms with Gasteiger partial charge in [-0.25, -0.2) is 4.79 Å². The summed E-state index contributed by atoms with van der Waals surface area (Å²) < 4.78 is 5.18. The second-order valence-electron chi connectivity index (χ2n) is 5.73. The third kappa shape index (κ3) is 5.13. The van der Waals surface area contributed by atoms with Gasteiger partial charge in [0.25, 0.3) is 5.69 Å². The van der Waals surface area contributed by atoms with Crippen LogP contribution in [0.3, 0.4) is 0 Å². The fourth-order valence-electron chi connectivity index (χ4n) is 2.00. The van der Waals surface area contributed by atoms with Crippen molar-refractivity contribution in [2.75, 3.05) is 5.32 Å². The van der Waals surface area contributed by atoms with E-state index < -0.39 is 10.9 Å². The van der Waals surface area contributed by atoms with Crippen LogP contribution in [-0.4, -0.2) is 16.8 Å². The molecule has 130 valence electrons. The molecule has 0 fully saturated rings. The molecule has 7 heteroatoms. The lowest BCUT2D eigenvalue weighted by atomic mass is 10.1. The number of esters is 1. The van der Waals surface area contributed by atoms with E-state index in [2.05, 4.69) is 5.32 Å². The summed E-state index contributed by atoms with van der Waals surface area (Å²) in [6, 6.07) is 12.3. The minimum absolute atomic E-state index is 0.0630. The first-order valence-corrected chi connectivity index (χ1v) is 7.68. The zero-order chi connectivity index (χ0) is 18.4. The van der Waals surface area contributed by atoms with Crippen LogP contribution in [0, 0.1) is 16.0 Å². The number of carbonyl (C=O) groups excluding carboxylic acids is 2. The Morgan fingerprint density at radius 1 is 1.16 bits per heavy atom. The molecule has 0 unspecified atom stereocenters. The number of anilines is 1. The topological polar surface area (TPSA) is 98.5 Å². The molecule has 0 spiro atoms. The fourth-order valence-corrected chi connectivity index (χ4v) is 2.00. The number of nitrogens with one attached hydrogen (secondary N) is 1. The van der Waals surface area contributed by atoms with Crippen molar-refractivity contribution < 1.29 is 19.2 Å². The third-order valence-corrected chi connectivity index (χ3v) is 3.38. The number of carbonyl (C=O) groups is 2. The second-order valence-corrected chi connectivity index (χ2v) is 5.73. The maximum absolute atomic E-state index is 12.1. The standard InChI is InChI=1S/C18H18N2O5/c1-12(2)17(21)19-15-7-4-6-14(10-15)18(22)25-11-13-5-3-8-16(9-13)20(23)24/h3-10,12H,11H2,1-2H3,(H,19,21). The number of nitro benzene ring substituents is 1. The Morgan fingerprint density at radius 3 is 2.56 bits per heavy atom. The normalized spacial score (nSPS) is 10.4. The van der Waals surface area contributed by atoms with Crippen molar-refractivity contribution in [2.24, 2.45) is 5.92 Å². The number of nitrogens with zero attached hydrogens (tertiary/aromatic N) is 1. The van der Waals surface area contributed by atoms with Gasteiger partial charge in [-0.3, -0.25) is 14.9 Å². The zero-order valence-electron chi connectivity index (χ0n) is 13.9. The van der Waals surface area contributed by atoms with E-state index in [4.69, 9.17) is 4.74 Å². The Bertz CT molecular complexity index is 802. The van der Waals surface area contributed by atoms with E-state index in [1.807, 2.05) is 0 Å². The summed E-state index contributed by atoms with van der Waals surface area (Å²) in [5.41, 5.74) is 1.24. The number of hydrogen-bond donors (Lipinski definition) is 1. The Balaban J connectivity index is 2.02. The zero-order valence-corrected chi connectivity index (χ0v) is 13.9. The first-order valence-electron chi connectivity index (χ1n) is 7.68. The number of hydrogen-bond acceptors (Lipinski definition) is 5. The second kappa shape index (κ2) is 8.05. The van der Waals surface area contributed by atoms with Crippen molar-refractivity contribution in [3.63, 3.8) is 0 Å². The Morgan fingerprint density at radius 2 is 1.88 bits per heavy atom. The highest BCUT2D eigenvalue weighted by Crippen LogP contribution is 2.16. The summed E-state index contributed by atoms with van der Waals surface area (Å²) in [6.45, 7) is 3.46. The molecule has 1 N–H and O–H groups in total. The van der Waals surface area contributed by atoms with Crippen LogP contribution in [0.1, 0.15) is 29.8 Å². The van der Waals surface area contributed by atoms with Crippen LogP contribution in [0.5, 0.6) is 0 Å². The number of ether oxygens (including phenoxy) is 1. The summed E-state index contributed by atoms with van der Waals surface area (Å²) in [4.78, 5) is 34.1. The molecule has 2 rings (SSSR count). The van der Waals surface area contributed by atoms with E-state index in [-0.39, 0.29) is 29.7 Å². The van der Waals surface area contributed by atoms with Crippen molar-refractivity contribution in [3.8, 4) is 0 Å². The van der Waals surface area contributed by atoms with Crippen molar-refractivity contribution >= 4 is 23.3 Å². The lowest BCUT2D eigenvalue weighted by Crippen LogP contribution is -2.18. The predicted octanol–water partition coefficient (Wildman–Crippen LogP) is 3.55. The minimum atomic E-state index is -0.577. The molecule has 0 aromatic heterocycles. The highest BCUT2D eigenvalue weighted by molar-refractivity contribution is 5.95. The Kier molecular flexibility index (Phi) is 5.84. The van der Waals surface area contributed by atoms with Crippen molar-refractivity contribution in [1.82, 2.24) is 0 Å². The van der Waals surface area contributed by atoms with Crippen LogP contribution in [0.25, 0.3) is 0 Å². The average molecular weight is 342 g/mol. The van der Waals surface area contributed by atoms with Gasteiger partial charge in [0.2, 0.25) is 5.91 Å². The van der Waals surface area contributed by atoms with Gasteiger partial charge < -0.3 is 10.1 Å². The maximum atomic E-state index is 12.1. The third-order valence-electron chi connectivity index (χ3n) is 3.38. The summed E-state index contributed by atoms with van der Waals surface area (Å²) in [6.07, 6.45) is 0. The summed E-state index contributed by atoms with van der Waals surface area (Å²) in [5, 5.41) is 13.5. The van der Waals surface area contributed by atoms with Gasteiger partial charge in [0.1, 0.15) is 6.61 Å². The van der Waals surface area contributed by atoms with Crippen LogP contribution in [0.15, 0.2) is 48.5 Å². The first kappa shape index (κ1) is 18.1. The number of amides is 1. The summed E-state index contributed by atoms with van der Waals surface area (Å²) in [5.74, 6) is -0.904. The fraction of sp³-hybridized carbons (Fsp3) is 0.222. The molecule has 0 atom stereocenters. The van der Waals surface area contributed by atoms with Gasteiger partial charge >= 0.3 is 5.97 Å². The minimum Gasteiger partial charge on any atom is -0.457 e. The Labute approximate surface area is 144 Å². The number of benzene rings is 2. The van der Waals surface area contributed by atoms with Crippen molar-refractivity contribution in [3.05, 3.63) is 69.8 Å². The average Bonchev–Trinajstić information content (AvgIpc) is 2.60. The van der Waals surface area contributed by atoms with Gasteiger partial charge in [-0.2, -0.15) is 0 Å². The SMILES string of the molecule is CC(C)C(=O)Nc1cccc(C(=O)OCc2cccc([N+](=O)[O-])c2)c1. The molecule has 0 saturated carbocycles. The predicted molar refractivity (Wildman–Crippen MR) is 92.1 cm³/mol. The van der Waals surface area contributed by atoms with E-state index in [0.717, 1.165) is 0 Å². The van der Waals surface area contributed by atoms with Crippen LogP contribution in [0.2, 0.25) is 0 Å². The quantitative estimate of drug-likeness (QED) is 0.492. The van der Waals surface area contributed by atoms with Crippen LogP contribution >= 0.6 is 0 Å². The van der Waals surface area contributed by atoms with Crippen LogP contribution in [0.4, 0.5) is 11.4 Å². The molecule has 0 aliphatic rings. The smallest absolute Gasteiger partial charge is 0.338 e. The van der Waals surface area contributed by atoms with Crippen LogP contribution in [-0.2, 0) is 16.1 Å². The molecule has 25 heavy (non-hydrogen) atoms. The molecule has 0 heterocycles. The summed E-state index contributed by atoms with van der Waals surface area (Å²) in [7, 11) is 0. The van der Waals surface area contributed by atoms with Gasteiger partial charge in [-0.15, -0.1) is 0 Å². The molecular weight excluding hydrogens is 324 g/mol. The molecule has 0 bridgehead atoms. The van der Waals surface area contributed by atoms with E-state index in [0.29, 0.717) is 11.3 Å². The number of rotatable bonds is 6. The molecule has 2 aromatic rings. The first-order chi connectivity index (χ1) is 11.9. The number of non-ortho nitro benzene ring substituents is 1. The lowest BCUT2D eigenvalue weighted by molar-refractivity contribution is -0.384. The van der Waals surface area contributed by atoms with Gasteiger partial charge in [-0.1, -0.05) is 32.0 Å². The van der Waals surface area contributed by atoms with Gasteiger partial charge in [-0.05, 0) is 23.8 Å². The van der Waals surface area contributed by atoms with Crippen molar-refractivity contribution in [1.29, 1.82) is 0 Å². The molecule has 0 aliphatic carbocycles. The van der Waals surface area contributed by atoms with Gasteiger partial charge in [0, 0.05) is 23.7 Å². The highest BCUT2D eigenvalue weighted by Gasteiger charge is 2.12. The maximum Gasteiger partial charge on any atom is 0.338 e. The molecule has 1 amide bonds. The molecule has 0 aliphatic heterocycles. The summed E-state index contributed by atoms with van der Waals surface area (Å²) >= 11 is 0. The van der Waals surface area contributed by atoms with E-state index in [1.165, 1.54) is 24.3 Å². The number of nitro groups is 1. The largest absolute Gasteiger partial charge is 0.457 e. The van der Waals surface area contributed by atoms with E-state index >= 15 is 0 Å². The monoisotopic (exact) mass is 342 g/mol. The van der Waals surface area contributed by atoms with Gasteiger partial charge in [0.15, 0.2) is 0 Å². The van der Waals surface area contributed by atoms with Crippen LogP contribution < -0.4 is 5.32 Å². The van der Waals surface area contributed by atoms with Crippen molar-refractivity contribution in [2.45, 2.75) is 20.5 Å². The molecular formula is C18H18N2O5. The van der Waals surface area contributed by atoms with Gasteiger partial charge in [0.05, 0.1) is 10.5 Å².